The van der Waals surface area contributed by atoms with E-state index in [1.54, 1.807) is 0 Å². The van der Waals surface area contributed by atoms with Gasteiger partial charge in [-0.2, -0.15) is 0 Å². The molecule has 4 heteroatoms. The number of hydrogen-bond donors (Lipinski definition) is 2. The molecule has 0 spiro atoms. The molecule has 0 aromatic carbocycles. The monoisotopic (exact) mass is 530 g/mol. The number of esters is 1. The van der Waals surface area contributed by atoms with E-state index in [0.29, 0.717) is 28.7 Å². The van der Waals surface area contributed by atoms with Crippen molar-refractivity contribution in [3.8, 4) is 0 Å². The molecule has 0 amide bonds. The topological polar surface area (TPSA) is 66.8 Å². The van der Waals surface area contributed by atoms with Crippen LogP contribution in [0.4, 0.5) is 0 Å². The predicted octanol–water partition coefficient (Wildman–Crippen LogP) is 7.57. The Morgan fingerprint density at radius 2 is 1.61 bits per heavy atom. The van der Waals surface area contributed by atoms with E-state index in [1.165, 1.54) is 57.8 Å². The van der Waals surface area contributed by atoms with Crippen LogP contribution in [0, 0.1) is 58.2 Å². The molecular weight excluding hydrogens is 472 g/mol. The summed E-state index contributed by atoms with van der Waals surface area (Å²) in [4.78, 5) is 12.7. The minimum Gasteiger partial charge on any atom is -0.459 e. The van der Waals surface area contributed by atoms with Gasteiger partial charge < -0.3 is 14.9 Å². The lowest BCUT2D eigenvalue weighted by Crippen LogP contribution is -2.54. The Hall–Kier alpha value is -0.870. The number of ether oxygens (including phenoxy) is 1. The number of aliphatic hydroxyl groups excluding tert-OH is 2. The van der Waals surface area contributed by atoms with Crippen molar-refractivity contribution in [2.45, 2.75) is 124 Å². The second kappa shape index (κ2) is 12.3. The highest BCUT2D eigenvalue weighted by molar-refractivity contribution is 5.87. The van der Waals surface area contributed by atoms with Crippen LogP contribution < -0.4 is 0 Å². The third-order valence-corrected chi connectivity index (χ3v) is 12.4. The van der Waals surface area contributed by atoms with Crippen molar-refractivity contribution < 1.29 is 19.7 Å². The van der Waals surface area contributed by atoms with Crippen LogP contribution in [-0.4, -0.2) is 35.5 Å². The van der Waals surface area contributed by atoms with E-state index in [9.17, 15) is 15.0 Å². The van der Waals surface area contributed by atoms with Gasteiger partial charge in [0.05, 0.1) is 0 Å². The van der Waals surface area contributed by atoms with Crippen LogP contribution in [0.5, 0.6) is 0 Å². The Kier molecular flexibility index (Phi) is 9.77. The van der Waals surface area contributed by atoms with Gasteiger partial charge in [0.25, 0.3) is 0 Å². The Morgan fingerprint density at radius 1 is 0.921 bits per heavy atom. The highest BCUT2D eigenvalue weighted by Crippen LogP contribution is 2.68. The second-order valence-electron chi connectivity index (χ2n) is 15.0. The van der Waals surface area contributed by atoms with Gasteiger partial charge in [-0.05, 0) is 116 Å². The zero-order valence-electron chi connectivity index (χ0n) is 25.2. The molecule has 0 saturated heterocycles. The number of rotatable bonds is 11. The highest BCUT2D eigenvalue weighted by atomic mass is 16.5. The first-order chi connectivity index (χ1) is 18.0. The summed E-state index contributed by atoms with van der Waals surface area (Å²) < 4.78 is 5.94. The number of fused-ring (bicyclic) bond motifs is 5. The van der Waals surface area contributed by atoms with Crippen molar-refractivity contribution in [1.82, 2.24) is 0 Å². The van der Waals surface area contributed by atoms with E-state index < -0.39 is 0 Å². The van der Waals surface area contributed by atoms with Gasteiger partial charge in [0.1, 0.15) is 6.10 Å². The van der Waals surface area contributed by atoms with Gasteiger partial charge in [-0.15, -0.1) is 0 Å². The lowest BCUT2D eigenvalue weighted by atomic mass is 9.44. The molecule has 2 N–H and O–H groups in total. The summed E-state index contributed by atoms with van der Waals surface area (Å²) in [5.41, 5.74) is 1.29. The van der Waals surface area contributed by atoms with E-state index in [0.717, 1.165) is 54.8 Å². The Balaban J connectivity index is 1.35. The quantitative estimate of drug-likeness (QED) is 0.214. The van der Waals surface area contributed by atoms with Crippen molar-refractivity contribution in [2.24, 2.45) is 58.2 Å². The van der Waals surface area contributed by atoms with Crippen LogP contribution in [0.25, 0.3) is 0 Å². The standard InChI is InChI=1S/C34H58O4/c1-22(2)8-7-9-23(3)29-12-13-30-28-11-10-26-19-27(38-32(37)24(4)18-25(20-35)21-36)14-16-33(26,5)31(28)15-17-34(29,30)6/h22-23,25-31,35-36H,4,7-21H2,1-3,5-6H3/t23-,26+,27+,28+,29-,30+,31+,33+,34-/m1/s1. The molecule has 0 aromatic heterocycles. The Morgan fingerprint density at radius 3 is 2.29 bits per heavy atom. The van der Waals surface area contributed by atoms with E-state index in [1.807, 2.05) is 0 Å². The van der Waals surface area contributed by atoms with Gasteiger partial charge in [-0.1, -0.05) is 60.5 Å². The number of hydrogen-bond acceptors (Lipinski definition) is 4. The summed E-state index contributed by atoms with van der Waals surface area (Å²) in [5.74, 6) is 5.17. The molecule has 0 heterocycles. The van der Waals surface area contributed by atoms with Crippen molar-refractivity contribution in [3.05, 3.63) is 12.2 Å². The smallest absolute Gasteiger partial charge is 0.333 e. The molecule has 4 saturated carbocycles. The minimum absolute atomic E-state index is 0.0213. The van der Waals surface area contributed by atoms with E-state index in [2.05, 4.69) is 41.2 Å². The average molecular weight is 531 g/mol. The third-order valence-electron chi connectivity index (χ3n) is 12.4. The maximum absolute atomic E-state index is 12.7. The molecule has 218 valence electrons. The summed E-state index contributed by atoms with van der Waals surface area (Å²) >= 11 is 0. The van der Waals surface area contributed by atoms with E-state index in [4.69, 9.17) is 4.74 Å². The van der Waals surface area contributed by atoms with Crippen molar-refractivity contribution in [1.29, 1.82) is 0 Å². The fraction of sp³-hybridized carbons (Fsp3) is 0.912. The van der Waals surface area contributed by atoms with Crippen molar-refractivity contribution in [3.63, 3.8) is 0 Å². The molecule has 4 rings (SSSR count). The first kappa shape index (κ1) is 30.1. The SMILES string of the molecule is C=C(CC(CO)CO)C(=O)O[C@H]1CC[C@@]2(C)[C@@H](CC[C@@H]3[C@@H]2CC[C@]2(C)[C@@H]([C@H](C)CCCC(C)C)CC[C@@H]32)C1. The molecule has 4 aliphatic carbocycles. The summed E-state index contributed by atoms with van der Waals surface area (Å²) in [7, 11) is 0. The molecule has 4 fully saturated rings. The number of aliphatic hydroxyl groups is 2. The first-order valence-electron chi connectivity index (χ1n) is 16.1. The van der Waals surface area contributed by atoms with Crippen molar-refractivity contribution >= 4 is 5.97 Å². The summed E-state index contributed by atoms with van der Waals surface area (Å²) in [6.45, 7) is 16.1. The normalized spacial score (nSPS) is 39.4. The van der Waals surface area contributed by atoms with Gasteiger partial charge in [0, 0.05) is 24.7 Å². The molecule has 0 aromatic rings. The van der Waals surface area contributed by atoms with Crippen LogP contribution in [0.2, 0.25) is 0 Å². The van der Waals surface area contributed by atoms with Gasteiger partial charge in [-0.25, -0.2) is 4.79 Å². The predicted molar refractivity (Wildman–Crippen MR) is 154 cm³/mol. The number of carbonyl (C=O) groups is 1. The second-order valence-corrected chi connectivity index (χ2v) is 15.0. The third kappa shape index (κ3) is 5.92. The van der Waals surface area contributed by atoms with Gasteiger partial charge in [0.2, 0.25) is 0 Å². The molecule has 4 aliphatic rings. The van der Waals surface area contributed by atoms with E-state index in [-0.39, 0.29) is 31.2 Å². The molecule has 0 aliphatic heterocycles. The number of carbonyl (C=O) groups excluding carboxylic acids is 1. The van der Waals surface area contributed by atoms with Gasteiger partial charge in [0.15, 0.2) is 0 Å². The summed E-state index contributed by atoms with van der Waals surface area (Å²) in [6.07, 6.45) is 15.9. The Labute approximate surface area is 233 Å². The average Bonchev–Trinajstić information content (AvgIpc) is 3.24. The minimum atomic E-state index is -0.341. The summed E-state index contributed by atoms with van der Waals surface area (Å²) in [5, 5.41) is 18.7. The molecular formula is C34H58O4. The largest absolute Gasteiger partial charge is 0.459 e. The molecule has 38 heavy (non-hydrogen) atoms. The molecule has 9 atom stereocenters. The van der Waals surface area contributed by atoms with Crippen LogP contribution in [0.3, 0.4) is 0 Å². The highest BCUT2D eigenvalue weighted by Gasteiger charge is 2.60. The lowest BCUT2D eigenvalue weighted by molar-refractivity contribution is -0.159. The maximum atomic E-state index is 12.7. The fourth-order valence-corrected chi connectivity index (χ4v) is 10.2. The lowest BCUT2D eigenvalue weighted by Gasteiger charge is -2.61. The molecule has 0 unspecified atom stereocenters. The molecule has 0 bridgehead atoms. The zero-order valence-corrected chi connectivity index (χ0v) is 25.2. The molecule has 4 nitrogen and oxygen atoms in total. The van der Waals surface area contributed by atoms with Crippen LogP contribution in [0.1, 0.15) is 118 Å². The van der Waals surface area contributed by atoms with Gasteiger partial charge in [-0.3, -0.25) is 0 Å². The van der Waals surface area contributed by atoms with Crippen LogP contribution >= 0.6 is 0 Å². The maximum Gasteiger partial charge on any atom is 0.333 e. The van der Waals surface area contributed by atoms with E-state index >= 15 is 0 Å². The first-order valence-corrected chi connectivity index (χ1v) is 16.1. The van der Waals surface area contributed by atoms with Crippen LogP contribution in [-0.2, 0) is 9.53 Å². The van der Waals surface area contributed by atoms with Gasteiger partial charge >= 0.3 is 5.97 Å². The zero-order chi connectivity index (χ0) is 27.7. The van der Waals surface area contributed by atoms with Crippen molar-refractivity contribution in [2.75, 3.05) is 13.2 Å². The summed E-state index contributed by atoms with van der Waals surface area (Å²) in [6, 6.07) is 0. The Bertz CT molecular complexity index is 817. The fourth-order valence-electron chi connectivity index (χ4n) is 10.2. The van der Waals surface area contributed by atoms with Crippen LogP contribution in [0.15, 0.2) is 12.2 Å². The molecule has 0 radical (unpaired) electrons.